The number of nitrogens with two attached hydrogens (primary N) is 2. The van der Waals surface area contributed by atoms with Crippen molar-refractivity contribution in [2.24, 2.45) is 11.5 Å². The van der Waals surface area contributed by atoms with Crippen molar-refractivity contribution in [3.8, 4) is 0 Å². The van der Waals surface area contributed by atoms with Gasteiger partial charge in [-0.05, 0) is 6.42 Å². The molecule has 0 aromatic heterocycles. The molecule has 0 saturated carbocycles. The Morgan fingerprint density at radius 3 is 1.86 bits per heavy atom. The van der Waals surface area contributed by atoms with E-state index in [-0.39, 0.29) is 23.1 Å². The molecule has 0 rings (SSSR count). The van der Waals surface area contributed by atoms with Gasteiger partial charge in [0.2, 0.25) is 0 Å². The largest absolute Gasteiger partial charge is 0.316 e. The van der Waals surface area contributed by atoms with Gasteiger partial charge in [0, 0.05) is 0 Å². The first kappa shape index (κ1) is 10.4. The van der Waals surface area contributed by atoms with Crippen molar-refractivity contribution in [3.63, 3.8) is 0 Å². The molecule has 0 atom stereocenters. The van der Waals surface area contributed by atoms with Crippen LogP contribution in [-0.2, 0) is 0 Å². The smallest absolute Gasteiger partial charge is 0.0520 e. The maximum absolute atomic E-state index is 5.18. The van der Waals surface area contributed by atoms with E-state index in [0.717, 1.165) is 12.8 Å². The van der Waals surface area contributed by atoms with Crippen molar-refractivity contribution in [2.75, 3.05) is 0 Å². The van der Waals surface area contributed by atoms with Crippen molar-refractivity contribution >= 4 is 17.0 Å². The summed E-state index contributed by atoms with van der Waals surface area (Å²) >= 11 is 0. The Hall–Kier alpha value is 0.400. The summed E-state index contributed by atoms with van der Waals surface area (Å²) in [5.74, 6) is 0. The standard InChI is InChI=1S/C4H12N2.BrH/c1-2-3-4(5)6;/h4H,2-3,5-6H2,1H3;1H. The predicted molar refractivity (Wildman–Crippen MR) is 37.4 cm³/mol. The van der Waals surface area contributed by atoms with Crippen molar-refractivity contribution < 1.29 is 0 Å². The van der Waals surface area contributed by atoms with Crippen LogP contribution < -0.4 is 11.5 Å². The quantitative estimate of drug-likeness (QED) is 0.595. The fraction of sp³-hybridized carbons (Fsp3) is 1.00. The molecule has 0 aliphatic heterocycles. The van der Waals surface area contributed by atoms with Crippen LogP contribution in [0.15, 0.2) is 0 Å². The van der Waals surface area contributed by atoms with Crippen LogP contribution >= 0.6 is 17.0 Å². The van der Waals surface area contributed by atoms with E-state index in [1.165, 1.54) is 0 Å². The van der Waals surface area contributed by atoms with E-state index in [0.29, 0.717) is 0 Å². The lowest BCUT2D eigenvalue weighted by atomic mass is 10.3. The summed E-state index contributed by atoms with van der Waals surface area (Å²) in [4.78, 5) is 0. The van der Waals surface area contributed by atoms with E-state index in [4.69, 9.17) is 11.5 Å². The minimum atomic E-state index is -0.102. The van der Waals surface area contributed by atoms with Gasteiger partial charge in [-0.25, -0.2) is 0 Å². The molecule has 0 amide bonds. The van der Waals surface area contributed by atoms with Crippen LogP contribution in [0.25, 0.3) is 0 Å². The topological polar surface area (TPSA) is 52.0 Å². The molecule has 0 aromatic rings. The maximum Gasteiger partial charge on any atom is 0.0520 e. The fourth-order valence-corrected chi connectivity index (χ4v) is 0.333. The lowest BCUT2D eigenvalue weighted by molar-refractivity contribution is 0.627. The first-order chi connectivity index (χ1) is 2.77. The third-order valence-corrected chi connectivity index (χ3v) is 0.622. The van der Waals surface area contributed by atoms with Crippen LogP contribution in [-0.4, -0.2) is 6.17 Å². The number of hydrogen-bond acceptors (Lipinski definition) is 2. The Morgan fingerprint density at radius 1 is 1.43 bits per heavy atom. The maximum atomic E-state index is 5.18. The molecule has 0 aliphatic rings. The van der Waals surface area contributed by atoms with E-state index >= 15 is 0 Å². The second-order valence-corrected chi connectivity index (χ2v) is 1.45. The molecule has 0 radical (unpaired) electrons. The highest BCUT2D eigenvalue weighted by atomic mass is 79.9. The summed E-state index contributed by atoms with van der Waals surface area (Å²) < 4.78 is 0. The monoisotopic (exact) mass is 168 g/mol. The van der Waals surface area contributed by atoms with Gasteiger partial charge in [-0.3, -0.25) is 0 Å². The van der Waals surface area contributed by atoms with Gasteiger partial charge in [0.25, 0.3) is 0 Å². The van der Waals surface area contributed by atoms with Crippen LogP contribution in [0.1, 0.15) is 19.8 Å². The van der Waals surface area contributed by atoms with Gasteiger partial charge in [-0.1, -0.05) is 13.3 Å². The Kier molecular flexibility index (Phi) is 9.50. The molecule has 46 valence electrons. The van der Waals surface area contributed by atoms with Crippen LogP contribution in [0.2, 0.25) is 0 Å². The molecular formula is C4H13BrN2. The second kappa shape index (κ2) is 6.40. The van der Waals surface area contributed by atoms with Crippen LogP contribution in [0.5, 0.6) is 0 Å². The third kappa shape index (κ3) is 10.7. The molecule has 0 unspecified atom stereocenters. The van der Waals surface area contributed by atoms with E-state index < -0.39 is 0 Å². The molecule has 0 aliphatic carbocycles. The number of halogens is 1. The zero-order valence-electron chi connectivity index (χ0n) is 4.55. The van der Waals surface area contributed by atoms with Gasteiger partial charge in [0.05, 0.1) is 6.17 Å². The SMILES string of the molecule is Br.CCCC(N)N. The average molecular weight is 169 g/mol. The Morgan fingerprint density at radius 2 is 1.86 bits per heavy atom. The molecule has 2 nitrogen and oxygen atoms in total. The summed E-state index contributed by atoms with van der Waals surface area (Å²) in [5, 5.41) is 0. The minimum absolute atomic E-state index is 0. The highest BCUT2D eigenvalue weighted by Crippen LogP contribution is 1.82. The molecule has 0 heterocycles. The first-order valence-electron chi connectivity index (χ1n) is 2.28. The van der Waals surface area contributed by atoms with Gasteiger partial charge < -0.3 is 11.5 Å². The Balaban J connectivity index is 0. The van der Waals surface area contributed by atoms with Crippen molar-refractivity contribution in [3.05, 3.63) is 0 Å². The Bertz CT molecular complexity index is 30.9. The summed E-state index contributed by atoms with van der Waals surface area (Å²) in [7, 11) is 0. The van der Waals surface area contributed by atoms with Crippen LogP contribution in [0.4, 0.5) is 0 Å². The molecule has 0 bridgehead atoms. The highest BCUT2D eigenvalue weighted by molar-refractivity contribution is 8.93. The molecule has 4 N–H and O–H groups in total. The highest BCUT2D eigenvalue weighted by Gasteiger charge is 1.85. The van der Waals surface area contributed by atoms with E-state index in [1.54, 1.807) is 0 Å². The predicted octanol–water partition coefficient (Wildman–Crippen LogP) is 0.608. The molecule has 0 spiro atoms. The minimum Gasteiger partial charge on any atom is -0.316 e. The fourth-order valence-electron chi connectivity index (χ4n) is 0.333. The van der Waals surface area contributed by atoms with Crippen molar-refractivity contribution in [2.45, 2.75) is 25.9 Å². The van der Waals surface area contributed by atoms with Crippen molar-refractivity contribution in [1.29, 1.82) is 0 Å². The third-order valence-electron chi connectivity index (χ3n) is 0.622. The van der Waals surface area contributed by atoms with Gasteiger partial charge in [-0.15, -0.1) is 17.0 Å². The zero-order valence-corrected chi connectivity index (χ0v) is 6.27. The van der Waals surface area contributed by atoms with Crippen LogP contribution in [0.3, 0.4) is 0 Å². The molecule has 3 heteroatoms. The molecule has 0 fully saturated rings. The summed E-state index contributed by atoms with van der Waals surface area (Å²) in [6.45, 7) is 2.06. The van der Waals surface area contributed by atoms with Gasteiger partial charge in [-0.2, -0.15) is 0 Å². The molecule has 0 aromatic carbocycles. The lowest BCUT2D eigenvalue weighted by Gasteiger charge is -1.97. The summed E-state index contributed by atoms with van der Waals surface area (Å²) in [5.41, 5.74) is 10.4. The lowest BCUT2D eigenvalue weighted by Crippen LogP contribution is -2.29. The molecular weight excluding hydrogens is 156 g/mol. The van der Waals surface area contributed by atoms with Gasteiger partial charge >= 0.3 is 0 Å². The molecule has 0 saturated heterocycles. The molecule has 7 heavy (non-hydrogen) atoms. The van der Waals surface area contributed by atoms with E-state index in [1.807, 2.05) is 0 Å². The van der Waals surface area contributed by atoms with Crippen molar-refractivity contribution in [1.82, 2.24) is 0 Å². The van der Waals surface area contributed by atoms with Crippen LogP contribution in [0, 0.1) is 0 Å². The Labute approximate surface area is 55.0 Å². The van der Waals surface area contributed by atoms with Gasteiger partial charge in [0.1, 0.15) is 0 Å². The van der Waals surface area contributed by atoms with Gasteiger partial charge in [0.15, 0.2) is 0 Å². The number of hydrogen-bond donors (Lipinski definition) is 2. The summed E-state index contributed by atoms with van der Waals surface area (Å²) in [6.07, 6.45) is 1.91. The first-order valence-corrected chi connectivity index (χ1v) is 2.28. The van der Waals surface area contributed by atoms with E-state index in [9.17, 15) is 0 Å². The van der Waals surface area contributed by atoms with E-state index in [2.05, 4.69) is 6.92 Å². The normalized spacial score (nSPS) is 8.57. The summed E-state index contributed by atoms with van der Waals surface area (Å²) in [6, 6.07) is 0. The number of rotatable bonds is 2. The second-order valence-electron chi connectivity index (χ2n) is 1.45. The average Bonchev–Trinajstić information content (AvgIpc) is 1.35. The zero-order chi connectivity index (χ0) is 4.99.